The van der Waals surface area contributed by atoms with Gasteiger partial charge in [-0.25, -0.2) is 4.39 Å². The summed E-state index contributed by atoms with van der Waals surface area (Å²) in [5.41, 5.74) is -4.16. The molecular weight excluding hydrogens is 844 g/mol. The van der Waals surface area contributed by atoms with Crippen LogP contribution in [0.3, 0.4) is 0 Å². The molecular formula is C57H59FO7Si. The van der Waals surface area contributed by atoms with Gasteiger partial charge in [-0.05, 0) is 55.4 Å². The molecule has 9 heteroatoms. The fourth-order valence-corrected chi connectivity index (χ4v) is 14.5. The minimum absolute atomic E-state index is 0.000561. The van der Waals surface area contributed by atoms with Gasteiger partial charge in [-0.3, -0.25) is 0 Å². The van der Waals surface area contributed by atoms with Gasteiger partial charge < -0.3 is 34.3 Å². The molecule has 1 unspecified atom stereocenters. The molecule has 340 valence electrons. The summed E-state index contributed by atoms with van der Waals surface area (Å²) < 4.78 is 36.8. The van der Waals surface area contributed by atoms with Crippen LogP contribution in [0.25, 0.3) is 0 Å². The van der Waals surface area contributed by atoms with Crippen molar-refractivity contribution in [3.63, 3.8) is 0 Å². The van der Waals surface area contributed by atoms with Gasteiger partial charge in [0.15, 0.2) is 5.60 Å². The molecule has 1 aliphatic rings. The second-order valence-electron chi connectivity index (χ2n) is 18.7. The first-order valence-corrected chi connectivity index (χ1v) is 24.5. The summed E-state index contributed by atoms with van der Waals surface area (Å²) in [6.45, 7) is 6.54. The second kappa shape index (κ2) is 19.6. The normalized spacial score (nSPS) is 22.7. The van der Waals surface area contributed by atoms with E-state index in [9.17, 15) is 20.4 Å². The Morgan fingerprint density at radius 1 is 0.561 bits per heavy atom. The fourth-order valence-electron chi connectivity index (χ4n) is 10.00. The zero-order chi connectivity index (χ0) is 46.4. The molecule has 4 N–H and O–H groups in total. The predicted molar refractivity (Wildman–Crippen MR) is 260 cm³/mol. The smallest absolute Gasteiger partial charge is 0.261 e. The third kappa shape index (κ3) is 9.43. The highest BCUT2D eigenvalue weighted by molar-refractivity contribution is 6.99. The molecule has 7 aromatic carbocycles. The van der Waals surface area contributed by atoms with Crippen molar-refractivity contribution in [2.24, 2.45) is 0 Å². The lowest BCUT2D eigenvalue weighted by molar-refractivity contribution is -0.395. The number of aliphatic hydroxyl groups is 4. The Kier molecular flexibility index (Phi) is 13.9. The predicted octanol–water partition coefficient (Wildman–Crippen LogP) is 8.53. The number of hydrogen-bond donors (Lipinski definition) is 4. The molecule has 7 nitrogen and oxygen atoms in total. The Labute approximate surface area is 388 Å². The van der Waals surface area contributed by atoms with E-state index < -0.39 is 49.4 Å². The Balaban J connectivity index is 1.25. The quantitative estimate of drug-likeness (QED) is 0.0721. The van der Waals surface area contributed by atoms with Crippen LogP contribution >= 0.6 is 0 Å². The maximum atomic E-state index is 16.1. The molecule has 8 rings (SSSR count). The summed E-state index contributed by atoms with van der Waals surface area (Å²) in [5, 5.41) is 55.2. The summed E-state index contributed by atoms with van der Waals surface area (Å²) >= 11 is 0. The van der Waals surface area contributed by atoms with E-state index in [4.69, 9.17) is 13.9 Å². The summed E-state index contributed by atoms with van der Waals surface area (Å²) in [6.07, 6.45) is -5.40. The molecule has 1 fully saturated rings. The summed E-state index contributed by atoms with van der Waals surface area (Å²) in [5.74, 6) is -0.615. The average molecular weight is 903 g/mol. The Morgan fingerprint density at radius 3 is 1.45 bits per heavy atom. The maximum absolute atomic E-state index is 16.1. The van der Waals surface area contributed by atoms with Crippen molar-refractivity contribution in [1.29, 1.82) is 0 Å². The molecule has 1 heterocycles. The van der Waals surface area contributed by atoms with Gasteiger partial charge in [0.2, 0.25) is 6.29 Å². The van der Waals surface area contributed by atoms with Crippen molar-refractivity contribution in [1.82, 2.24) is 0 Å². The molecule has 6 atom stereocenters. The molecule has 66 heavy (non-hydrogen) atoms. The number of ether oxygens (including phenoxy) is 2. The SMILES string of the molecule is CC(C)(C)[Si](OCc1cc(F)cc(O[C@H]2O[C@H](C(O)Cc3ccccc3)[C@](O)(Cc3ccccc3)[C@@](O)(Cc3ccccc3)[C@]2(O)Cc2ccccc2)c1)(c1ccccc1)c1ccccc1. The van der Waals surface area contributed by atoms with Gasteiger partial charge in [-0.1, -0.05) is 203 Å². The Morgan fingerprint density at radius 2 is 0.985 bits per heavy atom. The van der Waals surface area contributed by atoms with Gasteiger partial charge >= 0.3 is 0 Å². The van der Waals surface area contributed by atoms with Crippen LogP contribution in [-0.4, -0.2) is 64.0 Å². The Bertz CT molecular complexity index is 2580. The number of benzene rings is 7. The molecule has 0 bridgehead atoms. The van der Waals surface area contributed by atoms with Gasteiger partial charge in [-0.2, -0.15) is 0 Å². The van der Waals surface area contributed by atoms with Crippen molar-refractivity contribution in [3.05, 3.63) is 234 Å². The van der Waals surface area contributed by atoms with Crippen LogP contribution in [0.15, 0.2) is 200 Å². The van der Waals surface area contributed by atoms with Gasteiger partial charge in [0, 0.05) is 31.7 Å². The first kappa shape index (κ1) is 46.8. The zero-order valence-electron chi connectivity index (χ0n) is 37.7. The third-order valence-electron chi connectivity index (χ3n) is 13.2. The van der Waals surface area contributed by atoms with Crippen molar-refractivity contribution >= 4 is 18.7 Å². The van der Waals surface area contributed by atoms with Crippen LogP contribution in [0.4, 0.5) is 4.39 Å². The second-order valence-corrected chi connectivity index (χ2v) is 23.0. The van der Waals surface area contributed by atoms with Crippen molar-refractivity contribution < 1.29 is 38.7 Å². The average Bonchev–Trinajstić information content (AvgIpc) is 3.31. The van der Waals surface area contributed by atoms with E-state index in [0.717, 1.165) is 15.9 Å². The Hall–Kier alpha value is -5.75. The molecule has 0 spiro atoms. The molecule has 0 saturated carbocycles. The lowest BCUT2D eigenvalue weighted by atomic mass is 9.59. The molecule has 0 radical (unpaired) electrons. The number of aliphatic hydroxyl groups excluding tert-OH is 1. The van der Waals surface area contributed by atoms with E-state index in [1.165, 1.54) is 12.1 Å². The van der Waals surface area contributed by atoms with E-state index in [1.807, 2.05) is 158 Å². The third-order valence-corrected chi connectivity index (χ3v) is 18.2. The van der Waals surface area contributed by atoms with Crippen LogP contribution in [0.2, 0.25) is 5.04 Å². The maximum Gasteiger partial charge on any atom is 0.261 e. The van der Waals surface area contributed by atoms with Crippen molar-refractivity contribution in [2.75, 3.05) is 0 Å². The van der Waals surface area contributed by atoms with Crippen LogP contribution < -0.4 is 15.1 Å². The number of halogens is 1. The summed E-state index contributed by atoms with van der Waals surface area (Å²) in [6, 6.07) is 61.3. The fraction of sp³-hybridized carbons (Fsp3) is 0.263. The minimum atomic E-state index is -3.05. The number of rotatable bonds is 16. The molecule has 1 aliphatic heterocycles. The molecule has 0 amide bonds. The topological polar surface area (TPSA) is 109 Å². The van der Waals surface area contributed by atoms with E-state index in [0.29, 0.717) is 22.3 Å². The van der Waals surface area contributed by atoms with E-state index in [-0.39, 0.29) is 43.1 Å². The lowest BCUT2D eigenvalue weighted by Crippen LogP contribution is -2.83. The first-order chi connectivity index (χ1) is 31.7. The van der Waals surface area contributed by atoms with E-state index in [2.05, 4.69) is 45.0 Å². The van der Waals surface area contributed by atoms with Gasteiger partial charge in [0.05, 0.1) is 12.7 Å². The van der Waals surface area contributed by atoms with E-state index in [1.54, 1.807) is 6.07 Å². The van der Waals surface area contributed by atoms with Crippen LogP contribution in [0.1, 0.15) is 48.6 Å². The molecule has 7 aromatic rings. The van der Waals surface area contributed by atoms with Crippen LogP contribution in [-0.2, 0) is 41.5 Å². The van der Waals surface area contributed by atoms with Gasteiger partial charge in [0.25, 0.3) is 8.32 Å². The molecule has 1 saturated heterocycles. The summed E-state index contributed by atoms with van der Waals surface area (Å²) in [7, 11) is -3.05. The molecule has 0 aliphatic carbocycles. The summed E-state index contributed by atoms with van der Waals surface area (Å²) in [4.78, 5) is 0. The van der Waals surface area contributed by atoms with Crippen molar-refractivity contribution in [3.8, 4) is 5.75 Å². The monoisotopic (exact) mass is 902 g/mol. The van der Waals surface area contributed by atoms with Crippen LogP contribution in [0, 0.1) is 5.82 Å². The largest absolute Gasteiger partial charge is 0.462 e. The molecule has 0 aromatic heterocycles. The minimum Gasteiger partial charge on any atom is -0.462 e. The standard InChI is InChI=1S/C57H59FO7Si/c1-54(2,3)66(49-30-18-8-19-31-49,50-32-20-9-21-33-50)63-41-46-34-47(58)37-48(35-46)64-53-56(61,39-44-26-14-6-15-27-44)57(62,40-45-28-16-7-17-29-45)55(60,38-43-24-12-5-13-25-43)52(65-53)51(59)36-42-22-10-4-11-23-42/h4-35,37,51-53,59-62H,36,38-41H2,1-3H3/t51?,52-,53+,55-,56+,57+/m1/s1. The van der Waals surface area contributed by atoms with Crippen LogP contribution in [0.5, 0.6) is 5.75 Å². The highest BCUT2D eigenvalue weighted by Gasteiger charge is 2.73. The highest BCUT2D eigenvalue weighted by atomic mass is 28.4. The number of hydrogen-bond acceptors (Lipinski definition) is 7. The van der Waals surface area contributed by atoms with Gasteiger partial charge in [-0.15, -0.1) is 0 Å². The van der Waals surface area contributed by atoms with E-state index >= 15 is 4.39 Å². The first-order valence-electron chi connectivity index (χ1n) is 22.6. The zero-order valence-corrected chi connectivity index (χ0v) is 38.7. The van der Waals surface area contributed by atoms with Gasteiger partial charge in [0.1, 0.15) is 28.9 Å². The lowest BCUT2D eigenvalue weighted by Gasteiger charge is -2.61. The van der Waals surface area contributed by atoms with Crippen molar-refractivity contribution in [2.45, 2.75) is 93.4 Å². The highest BCUT2D eigenvalue weighted by Crippen LogP contribution is 2.51.